The summed E-state index contributed by atoms with van der Waals surface area (Å²) in [4.78, 5) is 5.43. The Morgan fingerprint density at radius 2 is 1.78 bits per heavy atom. The molecule has 0 unspecified atom stereocenters. The lowest BCUT2D eigenvalue weighted by molar-refractivity contribution is 0.628. The monoisotopic (exact) mass is 378 g/mol. The summed E-state index contributed by atoms with van der Waals surface area (Å²) in [5.41, 5.74) is 4.05. The molecule has 0 saturated carbocycles. The van der Waals surface area contributed by atoms with Crippen molar-refractivity contribution in [2.24, 2.45) is 10.1 Å². The summed E-state index contributed by atoms with van der Waals surface area (Å²) in [7, 11) is 0. The van der Waals surface area contributed by atoms with Gasteiger partial charge in [0.05, 0.1) is 23.0 Å². The maximum absolute atomic E-state index is 13.3. The van der Waals surface area contributed by atoms with E-state index in [0.717, 1.165) is 27.3 Å². The van der Waals surface area contributed by atoms with Gasteiger partial charge in [0.2, 0.25) is 4.80 Å². The van der Waals surface area contributed by atoms with Gasteiger partial charge in [0.1, 0.15) is 5.82 Å². The number of nitriles is 1. The second-order valence-corrected chi connectivity index (χ2v) is 7.16. The van der Waals surface area contributed by atoms with Gasteiger partial charge in [0, 0.05) is 17.0 Å². The number of rotatable bonds is 4. The van der Waals surface area contributed by atoms with Crippen LogP contribution in [0.25, 0.3) is 11.3 Å². The molecule has 1 heterocycles. The van der Waals surface area contributed by atoms with Crippen LogP contribution in [0, 0.1) is 17.1 Å². The van der Waals surface area contributed by atoms with E-state index in [1.54, 1.807) is 28.9 Å². The SMILES string of the molecule is CC(=Nn1c(-c2ccc(F)cc2)csc1=NC(C)C)c1ccc(C#N)cc1. The fraction of sp³-hybridized carbons (Fsp3) is 0.190. The Labute approximate surface area is 161 Å². The van der Waals surface area contributed by atoms with Gasteiger partial charge >= 0.3 is 0 Å². The first-order valence-electron chi connectivity index (χ1n) is 8.54. The number of aromatic nitrogens is 1. The average Bonchev–Trinajstić information content (AvgIpc) is 3.04. The number of thiazole rings is 1. The molecule has 0 radical (unpaired) electrons. The molecule has 3 rings (SSSR count). The molecule has 0 amide bonds. The van der Waals surface area contributed by atoms with E-state index >= 15 is 0 Å². The predicted molar refractivity (Wildman–Crippen MR) is 107 cm³/mol. The van der Waals surface area contributed by atoms with Gasteiger partial charge in [0.15, 0.2) is 0 Å². The van der Waals surface area contributed by atoms with Gasteiger partial charge in [-0.3, -0.25) is 4.99 Å². The van der Waals surface area contributed by atoms with E-state index < -0.39 is 0 Å². The van der Waals surface area contributed by atoms with Crippen molar-refractivity contribution < 1.29 is 4.39 Å². The van der Waals surface area contributed by atoms with Crippen LogP contribution in [-0.2, 0) is 0 Å². The molecule has 0 spiro atoms. The normalized spacial score (nSPS) is 12.4. The van der Waals surface area contributed by atoms with E-state index in [1.807, 2.05) is 38.3 Å². The molecule has 0 aliphatic carbocycles. The number of hydrogen-bond donors (Lipinski definition) is 0. The maximum atomic E-state index is 13.3. The average molecular weight is 378 g/mol. The van der Waals surface area contributed by atoms with Crippen molar-refractivity contribution in [3.63, 3.8) is 0 Å². The highest BCUT2D eigenvalue weighted by Crippen LogP contribution is 2.21. The van der Waals surface area contributed by atoms with Crippen molar-refractivity contribution in [1.82, 2.24) is 4.68 Å². The second kappa shape index (κ2) is 8.11. The Kier molecular flexibility index (Phi) is 5.63. The minimum Gasteiger partial charge on any atom is -0.255 e. The lowest BCUT2D eigenvalue weighted by Crippen LogP contribution is -2.16. The highest BCUT2D eigenvalue weighted by Gasteiger charge is 2.09. The van der Waals surface area contributed by atoms with Crippen LogP contribution >= 0.6 is 11.3 Å². The van der Waals surface area contributed by atoms with Gasteiger partial charge in [-0.1, -0.05) is 12.1 Å². The largest absolute Gasteiger partial charge is 0.255 e. The number of hydrogen-bond acceptors (Lipinski definition) is 4. The highest BCUT2D eigenvalue weighted by atomic mass is 32.1. The van der Waals surface area contributed by atoms with Gasteiger partial charge in [-0.2, -0.15) is 10.4 Å². The molecule has 4 nitrogen and oxygen atoms in total. The molecule has 0 saturated heterocycles. The Balaban J connectivity index is 2.12. The number of halogens is 1. The third-order valence-corrected chi connectivity index (χ3v) is 4.71. The summed E-state index contributed by atoms with van der Waals surface area (Å²) in [6.45, 7) is 5.94. The van der Waals surface area contributed by atoms with Gasteiger partial charge in [0.25, 0.3) is 0 Å². The molecule has 27 heavy (non-hydrogen) atoms. The predicted octanol–water partition coefficient (Wildman–Crippen LogP) is 4.81. The Morgan fingerprint density at radius 1 is 1.11 bits per heavy atom. The van der Waals surface area contributed by atoms with Crippen molar-refractivity contribution in [3.05, 3.63) is 75.7 Å². The fourth-order valence-corrected chi connectivity index (χ4v) is 3.48. The molecule has 0 bridgehead atoms. The zero-order valence-electron chi connectivity index (χ0n) is 15.3. The van der Waals surface area contributed by atoms with Gasteiger partial charge in [-0.05, 0) is 62.7 Å². The van der Waals surface area contributed by atoms with Gasteiger partial charge in [-0.15, -0.1) is 11.3 Å². The summed E-state index contributed by atoms with van der Waals surface area (Å²) in [6, 6.07) is 15.9. The Bertz CT molecular complexity index is 1070. The molecule has 0 fully saturated rings. The van der Waals surface area contributed by atoms with E-state index in [0.29, 0.717) is 5.56 Å². The minimum atomic E-state index is -0.273. The molecular weight excluding hydrogens is 359 g/mol. The van der Waals surface area contributed by atoms with Crippen LogP contribution in [0.15, 0.2) is 64.0 Å². The van der Waals surface area contributed by atoms with Crippen molar-refractivity contribution in [1.29, 1.82) is 5.26 Å². The van der Waals surface area contributed by atoms with Crippen LogP contribution in [0.5, 0.6) is 0 Å². The minimum absolute atomic E-state index is 0.126. The molecule has 3 aromatic rings. The van der Waals surface area contributed by atoms with Gasteiger partial charge < -0.3 is 0 Å². The van der Waals surface area contributed by atoms with Crippen LogP contribution in [-0.4, -0.2) is 16.4 Å². The third-order valence-electron chi connectivity index (χ3n) is 3.88. The van der Waals surface area contributed by atoms with Crippen LogP contribution < -0.4 is 4.80 Å². The van der Waals surface area contributed by atoms with Crippen molar-refractivity contribution in [2.75, 3.05) is 0 Å². The molecular formula is C21H19FN4S. The topological polar surface area (TPSA) is 53.4 Å². The lowest BCUT2D eigenvalue weighted by Gasteiger charge is -2.07. The summed E-state index contributed by atoms with van der Waals surface area (Å²) in [6.07, 6.45) is 0. The molecule has 1 aromatic heterocycles. The zero-order chi connectivity index (χ0) is 19.4. The van der Waals surface area contributed by atoms with Crippen LogP contribution in [0.1, 0.15) is 31.9 Å². The smallest absolute Gasteiger partial charge is 0.206 e. The molecule has 136 valence electrons. The first kappa shape index (κ1) is 18.7. The molecule has 0 atom stereocenters. The van der Waals surface area contributed by atoms with Crippen LogP contribution in [0.2, 0.25) is 0 Å². The fourth-order valence-electron chi connectivity index (χ4n) is 2.52. The first-order chi connectivity index (χ1) is 13.0. The quantitative estimate of drug-likeness (QED) is 0.601. The van der Waals surface area contributed by atoms with E-state index in [4.69, 9.17) is 10.4 Å². The number of nitrogens with zero attached hydrogens (tertiary/aromatic N) is 4. The van der Waals surface area contributed by atoms with Gasteiger partial charge in [-0.25, -0.2) is 9.07 Å². The van der Waals surface area contributed by atoms with Crippen molar-refractivity contribution in [3.8, 4) is 17.3 Å². The van der Waals surface area contributed by atoms with E-state index in [2.05, 4.69) is 11.1 Å². The summed E-state index contributed by atoms with van der Waals surface area (Å²) in [5, 5.41) is 15.7. The summed E-state index contributed by atoms with van der Waals surface area (Å²) in [5.74, 6) is -0.273. The van der Waals surface area contributed by atoms with Crippen molar-refractivity contribution >= 4 is 17.0 Å². The van der Waals surface area contributed by atoms with E-state index in [1.165, 1.54) is 23.5 Å². The summed E-state index contributed by atoms with van der Waals surface area (Å²) < 4.78 is 15.1. The number of benzene rings is 2. The Morgan fingerprint density at radius 3 is 2.37 bits per heavy atom. The van der Waals surface area contributed by atoms with Crippen LogP contribution in [0.4, 0.5) is 4.39 Å². The molecule has 0 aliphatic heterocycles. The van der Waals surface area contributed by atoms with Crippen LogP contribution in [0.3, 0.4) is 0 Å². The van der Waals surface area contributed by atoms with E-state index in [9.17, 15) is 4.39 Å². The maximum Gasteiger partial charge on any atom is 0.206 e. The highest BCUT2D eigenvalue weighted by molar-refractivity contribution is 7.07. The Hall–Kier alpha value is -3.04. The molecule has 0 aliphatic rings. The molecule has 6 heteroatoms. The summed E-state index contributed by atoms with van der Waals surface area (Å²) >= 11 is 1.50. The molecule has 2 aromatic carbocycles. The van der Waals surface area contributed by atoms with Crippen molar-refractivity contribution in [2.45, 2.75) is 26.8 Å². The second-order valence-electron chi connectivity index (χ2n) is 6.32. The standard InChI is InChI=1S/C21H19FN4S/c1-14(2)24-21-26(20(13-27-21)18-8-10-19(22)11-9-18)25-15(3)17-6-4-16(12-23)5-7-17/h4-11,13-14H,1-3H3. The molecule has 0 N–H and O–H groups in total. The zero-order valence-corrected chi connectivity index (χ0v) is 16.2. The lowest BCUT2D eigenvalue weighted by atomic mass is 10.1. The first-order valence-corrected chi connectivity index (χ1v) is 9.42. The van der Waals surface area contributed by atoms with E-state index in [-0.39, 0.29) is 11.9 Å². The third kappa shape index (κ3) is 4.39.